The third kappa shape index (κ3) is 6.20. The van der Waals surface area contributed by atoms with Crippen LogP contribution in [0.5, 0.6) is 0 Å². The molecule has 8 nitrogen and oxygen atoms in total. The first-order chi connectivity index (χ1) is 17.3. The molecule has 1 fully saturated rings. The minimum Gasteiger partial charge on any atom is -0.477 e. The number of thioether (sulfide) groups is 3. The van der Waals surface area contributed by atoms with Crippen LogP contribution >= 0.6 is 58.5 Å². The Kier molecular flexibility index (Phi) is 9.24. The highest BCUT2D eigenvalue weighted by Crippen LogP contribution is 2.42. The number of aliphatic hydroxyl groups is 1. The maximum atomic E-state index is 12.9. The average molecular weight is 589 g/mol. The lowest BCUT2D eigenvalue weighted by Crippen LogP contribution is -2.70. The van der Waals surface area contributed by atoms with E-state index in [4.69, 9.17) is 28.3 Å². The molecule has 2 amide bonds. The molecule has 3 heterocycles. The van der Waals surface area contributed by atoms with Gasteiger partial charge in [0.1, 0.15) is 17.1 Å². The molecular formula is C23H23Cl2N3O5S3. The van der Waals surface area contributed by atoms with E-state index in [1.165, 1.54) is 40.2 Å². The summed E-state index contributed by atoms with van der Waals surface area (Å²) >= 11 is 16.3. The number of halogens is 2. The van der Waals surface area contributed by atoms with Crippen molar-refractivity contribution >= 4 is 76.3 Å². The van der Waals surface area contributed by atoms with Crippen LogP contribution in [0, 0.1) is 0 Å². The Morgan fingerprint density at radius 2 is 2.06 bits per heavy atom. The molecule has 0 aliphatic carbocycles. The highest BCUT2D eigenvalue weighted by molar-refractivity contribution is 8.03. The molecule has 2 atom stereocenters. The number of nitrogens with one attached hydrogen (secondary N) is 1. The van der Waals surface area contributed by atoms with E-state index >= 15 is 0 Å². The van der Waals surface area contributed by atoms with Crippen LogP contribution in [0.1, 0.15) is 0 Å². The fourth-order valence-electron chi connectivity index (χ4n) is 3.83. The number of carbonyl (C=O) groups is 3. The SMILES string of the molecule is O=C(CSc1cc(Cl)ccc1Cl)N[C@@H]1C(=O)N2C(C(=O)O)=C(CSC3=CCN(CCO)C=C3)CS[C@H]12. The van der Waals surface area contributed by atoms with Crippen molar-refractivity contribution in [2.75, 3.05) is 37.0 Å². The van der Waals surface area contributed by atoms with Crippen LogP contribution in [0.25, 0.3) is 0 Å². The maximum absolute atomic E-state index is 12.9. The molecule has 3 aliphatic heterocycles. The van der Waals surface area contributed by atoms with Crippen molar-refractivity contribution in [3.05, 3.63) is 62.8 Å². The molecule has 0 spiro atoms. The molecule has 1 aromatic carbocycles. The minimum atomic E-state index is -1.15. The summed E-state index contributed by atoms with van der Waals surface area (Å²) in [6, 6.07) is 4.20. The summed E-state index contributed by atoms with van der Waals surface area (Å²) in [6.07, 6.45) is 5.86. The molecule has 4 rings (SSSR count). The largest absolute Gasteiger partial charge is 0.477 e. The molecule has 0 saturated carbocycles. The molecule has 0 aromatic heterocycles. The summed E-state index contributed by atoms with van der Waals surface area (Å²) in [7, 11) is 0. The van der Waals surface area contributed by atoms with Crippen molar-refractivity contribution in [1.82, 2.24) is 15.1 Å². The van der Waals surface area contributed by atoms with Gasteiger partial charge < -0.3 is 20.4 Å². The van der Waals surface area contributed by atoms with Crippen molar-refractivity contribution < 1.29 is 24.6 Å². The second-order valence-electron chi connectivity index (χ2n) is 8.01. The topological polar surface area (TPSA) is 110 Å². The van der Waals surface area contributed by atoms with Gasteiger partial charge in [-0.3, -0.25) is 14.5 Å². The summed E-state index contributed by atoms with van der Waals surface area (Å²) in [5.74, 6) is -0.984. The molecule has 0 radical (unpaired) electrons. The van der Waals surface area contributed by atoms with Crippen molar-refractivity contribution in [2.45, 2.75) is 16.3 Å². The molecule has 1 saturated heterocycles. The fourth-order valence-corrected chi connectivity index (χ4v) is 7.54. The third-order valence-electron chi connectivity index (χ3n) is 5.60. The fraction of sp³-hybridized carbons (Fsp3) is 0.348. The van der Waals surface area contributed by atoms with Crippen LogP contribution in [0.3, 0.4) is 0 Å². The van der Waals surface area contributed by atoms with Gasteiger partial charge in [-0.25, -0.2) is 4.79 Å². The number of aliphatic carboxylic acids is 1. The van der Waals surface area contributed by atoms with E-state index in [-0.39, 0.29) is 24.0 Å². The highest BCUT2D eigenvalue weighted by atomic mass is 35.5. The Hall–Kier alpha value is -1.76. The summed E-state index contributed by atoms with van der Waals surface area (Å²) in [5, 5.41) is 22.2. The number of carboxylic acids is 1. The summed E-state index contributed by atoms with van der Waals surface area (Å²) in [5.41, 5.74) is 0.675. The molecule has 3 N–H and O–H groups in total. The number of hydrogen-bond donors (Lipinski definition) is 3. The first-order valence-electron chi connectivity index (χ1n) is 10.9. The molecule has 3 aliphatic rings. The van der Waals surface area contributed by atoms with Gasteiger partial charge in [-0.15, -0.1) is 35.3 Å². The smallest absolute Gasteiger partial charge is 0.352 e. The lowest BCUT2D eigenvalue weighted by atomic mass is 10.0. The van der Waals surface area contributed by atoms with Gasteiger partial charge in [0.15, 0.2) is 0 Å². The van der Waals surface area contributed by atoms with E-state index in [1.807, 2.05) is 23.3 Å². The Morgan fingerprint density at radius 3 is 2.75 bits per heavy atom. The molecule has 0 bridgehead atoms. The second kappa shape index (κ2) is 12.2. The molecule has 192 valence electrons. The van der Waals surface area contributed by atoms with Crippen LogP contribution in [0.2, 0.25) is 10.0 Å². The number of aliphatic hydroxyl groups excluding tert-OH is 1. The Balaban J connectivity index is 1.35. The van der Waals surface area contributed by atoms with E-state index in [1.54, 1.807) is 18.2 Å². The predicted molar refractivity (Wildman–Crippen MR) is 145 cm³/mol. The quantitative estimate of drug-likeness (QED) is 0.280. The van der Waals surface area contributed by atoms with Gasteiger partial charge in [-0.05, 0) is 29.8 Å². The van der Waals surface area contributed by atoms with E-state index in [0.29, 0.717) is 45.1 Å². The number of carboxylic acid groups (broad SMARTS) is 1. The second-order valence-corrected chi connectivity index (χ2v) is 12.0. The van der Waals surface area contributed by atoms with Crippen LogP contribution in [-0.2, 0) is 14.4 Å². The number of allylic oxidation sites excluding steroid dienone is 1. The van der Waals surface area contributed by atoms with Gasteiger partial charge in [0.05, 0.1) is 17.4 Å². The number of hydrogen-bond acceptors (Lipinski definition) is 8. The number of carbonyl (C=O) groups excluding carboxylic acids is 2. The van der Waals surface area contributed by atoms with Crippen molar-refractivity contribution in [2.24, 2.45) is 0 Å². The number of fused-ring (bicyclic) bond motifs is 1. The van der Waals surface area contributed by atoms with Crippen LogP contribution in [0.4, 0.5) is 0 Å². The number of nitrogens with zero attached hydrogens (tertiary/aromatic N) is 2. The number of β-amino-alcohol motifs (C(OH)–C–C–N with tert-alkyl or cyclic N) is 1. The molecule has 1 aromatic rings. The first-order valence-corrected chi connectivity index (χ1v) is 14.7. The van der Waals surface area contributed by atoms with Crippen LogP contribution in [0.15, 0.2) is 57.6 Å². The molecule has 0 unspecified atom stereocenters. The van der Waals surface area contributed by atoms with Crippen molar-refractivity contribution in [1.29, 1.82) is 0 Å². The monoisotopic (exact) mass is 587 g/mol. The van der Waals surface area contributed by atoms with E-state index in [9.17, 15) is 19.5 Å². The molecule has 13 heteroatoms. The van der Waals surface area contributed by atoms with Gasteiger partial charge in [0.2, 0.25) is 5.91 Å². The summed E-state index contributed by atoms with van der Waals surface area (Å²) < 4.78 is 0. The normalized spacial score (nSPS) is 21.2. The Morgan fingerprint density at radius 1 is 1.25 bits per heavy atom. The average Bonchev–Trinajstić information content (AvgIpc) is 2.86. The Labute approximate surface area is 231 Å². The lowest BCUT2D eigenvalue weighted by molar-refractivity contribution is -0.150. The highest BCUT2D eigenvalue weighted by Gasteiger charge is 2.54. The van der Waals surface area contributed by atoms with Gasteiger partial charge in [-0.2, -0.15) is 0 Å². The Bertz CT molecular complexity index is 1160. The minimum absolute atomic E-state index is 0.00382. The summed E-state index contributed by atoms with van der Waals surface area (Å²) in [4.78, 5) is 42.4. The van der Waals surface area contributed by atoms with E-state index < -0.39 is 23.3 Å². The number of amides is 2. The number of benzene rings is 1. The van der Waals surface area contributed by atoms with Gasteiger partial charge in [-0.1, -0.05) is 29.3 Å². The zero-order valence-electron chi connectivity index (χ0n) is 18.9. The van der Waals surface area contributed by atoms with E-state index in [0.717, 1.165) is 4.91 Å². The zero-order valence-corrected chi connectivity index (χ0v) is 22.8. The van der Waals surface area contributed by atoms with Gasteiger partial charge >= 0.3 is 5.97 Å². The lowest BCUT2D eigenvalue weighted by Gasteiger charge is -2.49. The van der Waals surface area contributed by atoms with Gasteiger partial charge in [0.25, 0.3) is 5.91 Å². The predicted octanol–water partition coefficient (Wildman–Crippen LogP) is 3.26. The van der Waals surface area contributed by atoms with Crippen LogP contribution in [-0.4, -0.2) is 86.2 Å². The molecular weight excluding hydrogens is 565 g/mol. The maximum Gasteiger partial charge on any atom is 0.352 e. The number of β-lactam (4-membered cyclic amide) rings is 1. The zero-order chi connectivity index (χ0) is 25.8. The third-order valence-corrected chi connectivity index (χ3v) is 9.80. The summed E-state index contributed by atoms with van der Waals surface area (Å²) in [6.45, 7) is 1.31. The van der Waals surface area contributed by atoms with E-state index in [2.05, 4.69) is 5.32 Å². The molecule has 36 heavy (non-hydrogen) atoms. The van der Waals surface area contributed by atoms with Crippen molar-refractivity contribution in [3.8, 4) is 0 Å². The van der Waals surface area contributed by atoms with Gasteiger partial charge in [0, 0.05) is 45.6 Å². The van der Waals surface area contributed by atoms with Crippen LogP contribution < -0.4 is 5.32 Å². The number of rotatable bonds is 10. The van der Waals surface area contributed by atoms with Crippen molar-refractivity contribution in [3.63, 3.8) is 0 Å². The standard InChI is InChI=1S/C23H23Cl2N3O5S3/c24-14-1-2-16(25)17(9-14)35-12-18(30)26-19-21(31)28-20(23(32)33)13(11-36-22(19)28)10-34-15-3-5-27(6-4-15)7-8-29/h1-5,9,19,22,29H,6-8,10-12H2,(H,26,30)(H,32,33)/t19-,22-/m1/s1. The first kappa shape index (κ1) is 27.3.